The topological polar surface area (TPSA) is 78.8 Å². The second-order valence-corrected chi connectivity index (χ2v) is 4.08. The molecule has 1 aromatic carbocycles. The largest absolute Gasteiger partial charge is 0.481 e. The monoisotopic (exact) mass is 246 g/mol. The number of carboxylic acid groups (broad SMARTS) is 1. The van der Waals surface area contributed by atoms with Gasteiger partial charge in [0.1, 0.15) is 6.04 Å². The van der Waals surface area contributed by atoms with Crippen LogP contribution in [-0.4, -0.2) is 28.7 Å². The van der Waals surface area contributed by atoms with Crippen molar-refractivity contribution in [3.63, 3.8) is 0 Å². The van der Waals surface area contributed by atoms with Gasteiger partial charge in [0.2, 0.25) is 5.91 Å². The molecule has 5 heteroatoms. The minimum absolute atomic E-state index is 0.288. The lowest BCUT2D eigenvalue weighted by Gasteiger charge is -2.07. The maximum atomic E-state index is 11.9. The van der Waals surface area contributed by atoms with Gasteiger partial charge in [-0.25, -0.2) is 0 Å². The number of hydrogen-bond donors (Lipinski definition) is 2. The molecule has 0 fully saturated rings. The molecule has 2 N–H and O–H groups in total. The first-order chi connectivity index (χ1) is 8.61. The molecule has 1 heterocycles. The Hall–Kier alpha value is -2.17. The number of nitrogens with zero attached hydrogens (tertiary/aromatic N) is 1. The number of aliphatic carboxylic acids is 1. The number of anilines is 1. The fraction of sp³-hybridized carbons (Fsp3) is 0.308. The van der Waals surface area contributed by atoms with Crippen LogP contribution in [0, 0.1) is 0 Å². The molecule has 0 saturated carbocycles. The highest BCUT2D eigenvalue weighted by Crippen LogP contribution is 2.22. The summed E-state index contributed by atoms with van der Waals surface area (Å²) in [6.45, 7) is 1.93. The van der Waals surface area contributed by atoms with Gasteiger partial charge in [-0.05, 0) is 12.5 Å². The summed E-state index contributed by atoms with van der Waals surface area (Å²) >= 11 is 0. The van der Waals surface area contributed by atoms with E-state index in [1.807, 2.05) is 25.1 Å². The van der Waals surface area contributed by atoms with E-state index in [9.17, 15) is 9.59 Å². The van der Waals surface area contributed by atoms with Crippen LogP contribution in [0.25, 0.3) is 0 Å². The molecule has 1 aromatic rings. The second-order valence-electron chi connectivity index (χ2n) is 4.08. The van der Waals surface area contributed by atoms with E-state index >= 15 is 0 Å². The second kappa shape index (κ2) is 5.00. The molecule has 1 aliphatic heterocycles. The standard InChI is InChI=1S/C13H14N2O3/c1-2-9-8-5-3-4-6-10(8)15-13(18)11(14-9)7-12(16)17/h3-6,11H,2,7H2,1H3,(H,15,18)(H,16,17)/t11-/m0/s1. The van der Waals surface area contributed by atoms with Gasteiger partial charge in [0.05, 0.1) is 6.42 Å². The zero-order chi connectivity index (χ0) is 13.1. The number of nitrogens with one attached hydrogen (secondary N) is 1. The Morgan fingerprint density at radius 2 is 2.17 bits per heavy atom. The van der Waals surface area contributed by atoms with Crippen LogP contribution < -0.4 is 5.32 Å². The van der Waals surface area contributed by atoms with Crippen molar-refractivity contribution < 1.29 is 14.7 Å². The van der Waals surface area contributed by atoms with Crippen molar-refractivity contribution >= 4 is 23.3 Å². The number of carbonyl (C=O) groups is 2. The van der Waals surface area contributed by atoms with Gasteiger partial charge in [-0.2, -0.15) is 0 Å². The van der Waals surface area contributed by atoms with E-state index in [1.165, 1.54) is 0 Å². The van der Waals surface area contributed by atoms with Gasteiger partial charge in [0, 0.05) is 17.0 Å². The van der Waals surface area contributed by atoms with Gasteiger partial charge in [-0.1, -0.05) is 25.1 Å². The Balaban J connectivity index is 2.43. The third-order valence-corrected chi connectivity index (χ3v) is 2.81. The third kappa shape index (κ3) is 2.40. The fourth-order valence-corrected chi connectivity index (χ4v) is 1.96. The minimum atomic E-state index is -1.03. The number of amides is 1. The minimum Gasteiger partial charge on any atom is -0.481 e. The molecule has 0 spiro atoms. The summed E-state index contributed by atoms with van der Waals surface area (Å²) in [4.78, 5) is 26.9. The van der Waals surface area contributed by atoms with Crippen LogP contribution in [0.2, 0.25) is 0 Å². The Bertz CT molecular complexity index is 523. The normalized spacial score (nSPS) is 18.4. The van der Waals surface area contributed by atoms with Crippen LogP contribution in [0.5, 0.6) is 0 Å². The summed E-state index contributed by atoms with van der Waals surface area (Å²) < 4.78 is 0. The van der Waals surface area contributed by atoms with Crippen LogP contribution in [0.1, 0.15) is 25.3 Å². The van der Waals surface area contributed by atoms with Crippen LogP contribution in [0.4, 0.5) is 5.69 Å². The SMILES string of the molecule is CCC1=N[C@@H](CC(=O)O)C(=O)Nc2ccccc21. The summed E-state index contributed by atoms with van der Waals surface area (Å²) in [6.07, 6.45) is 0.366. The maximum absolute atomic E-state index is 11.9. The summed E-state index contributed by atoms with van der Waals surface area (Å²) in [5, 5.41) is 11.5. The van der Waals surface area contributed by atoms with Crippen molar-refractivity contribution in [2.75, 3.05) is 5.32 Å². The molecule has 0 unspecified atom stereocenters. The first-order valence-electron chi connectivity index (χ1n) is 5.80. The number of fused-ring (bicyclic) bond motifs is 1. The van der Waals surface area contributed by atoms with Crippen molar-refractivity contribution in [2.45, 2.75) is 25.8 Å². The van der Waals surface area contributed by atoms with E-state index in [4.69, 9.17) is 5.11 Å². The number of benzene rings is 1. The molecule has 1 aliphatic rings. The average Bonchev–Trinajstić information content (AvgIpc) is 2.46. The molecular formula is C13H14N2O3. The van der Waals surface area contributed by atoms with Gasteiger partial charge >= 0.3 is 5.97 Å². The Morgan fingerprint density at radius 3 is 2.83 bits per heavy atom. The molecule has 0 saturated heterocycles. The van der Waals surface area contributed by atoms with Crippen LogP contribution >= 0.6 is 0 Å². The first kappa shape index (κ1) is 12.3. The van der Waals surface area contributed by atoms with Gasteiger partial charge in [0.25, 0.3) is 0 Å². The number of hydrogen-bond acceptors (Lipinski definition) is 3. The highest BCUT2D eigenvalue weighted by molar-refractivity contribution is 6.12. The zero-order valence-corrected chi connectivity index (χ0v) is 10.0. The molecule has 1 amide bonds. The number of rotatable bonds is 3. The van der Waals surface area contributed by atoms with Crippen molar-refractivity contribution in [3.05, 3.63) is 29.8 Å². The molecule has 5 nitrogen and oxygen atoms in total. The average molecular weight is 246 g/mol. The van der Waals surface area contributed by atoms with Crippen LogP contribution in [-0.2, 0) is 9.59 Å². The van der Waals surface area contributed by atoms with Gasteiger partial charge in [-0.3, -0.25) is 14.6 Å². The molecule has 2 rings (SSSR count). The number of carbonyl (C=O) groups excluding carboxylic acids is 1. The van der Waals surface area contributed by atoms with E-state index in [-0.39, 0.29) is 12.3 Å². The van der Waals surface area contributed by atoms with E-state index in [0.717, 1.165) is 11.3 Å². The number of para-hydroxylation sites is 1. The van der Waals surface area contributed by atoms with Gasteiger partial charge < -0.3 is 10.4 Å². The lowest BCUT2D eigenvalue weighted by Crippen LogP contribution is -2.27. The highest BCUT2D eigenvalue weighted by Gasteiger charge is 2.26. The Morgan fingerprint density at radius 1 is 1.44 bits per heavy atom. The summed E-state index contributed by atoms with van der Waals surface area (Å²) in [5.74, 6) is -1.39. The number of benzodiazepines with no additional fused rings is 1. The van der Waals surface area contributed by atoms with E-state index in [1.54, 1.807) is 6.07 Å². The summed E-state index contributed by atoms with van der Waals surface area (Å²) in [5.41, 5.74) is 2.31. The van der Waals surface area contributed by atoms with E-state index < -0.39 is 12.0 Å². The van der Waals surface area contributed by atoms with E-state index in [2.05, 4.69) is 10.3 Å². The van der Waals surface area contributed by atoms with Gasteiger partial charge in [0.15, 0.2) is 0 Å². The molecule has 0 aromatic heterocycles. The Kier molecular flexibility index (Phi) is 3.41. The molecule has 18 heavy (non-hydrogen) atoms. The summed E-state index contributed by atoms with van der Waals surface area (Å²) in [7, 11) is 0. The molecule has 0 radical (unpaired) electrons. The lowest BCUT2D eigenvalue weighted by atomic mass is 10.1. The van der Waals surface area contributed by atoms with E-state index in [0.29, 0.717) is 12.1 Å². The van der Waals surface area contributed by atoms with Crippen LogP contribution in [0.3, 0.4) is 0 Å². The summed E-state index contributed by atoms with van der Waals surface area (Å²) in [6, 6.07) is 6.50. The molecule has 0 aliphatic carbocycles. The molecule has 1 atom stereocenters. The lowest BCUT2D eigenvalue weighted by molar-refractivity contribution is -0.138. The van der Waals surface area contributed by atoms with Crippen molar-refractivity contribution in [3.8, 4) is 0 Å². The quantitative estimate of drug-likeness (QED) is 0.851. The molecule has 94 valence electrons. The van der Waals surface area contributed by atoms with Crippen molar-refractivity contribution in [2.24, 2.45) is 4.99 Å². The van der Waals surface area contributed by atoms with Crippen molar-refractivity contribution in [1.29, 1.82) is 0 Å². The van der Waals surface area contributed by atoms with Crippen LogP contribution in [0.15, 0.2) is 29.3 Å². The number of aliphatic imine (C=N–C) groups is 1. The zero-order valence-electron chi connectivity index (χ0n) is 10.0. The highest BCUT2D eigenvalue weighted by atomic mass is 16.4. The Labute approximate surface area is 105 Å². The molecule has 0 bridgehead atoms. The third-order valence-electron chi connectivity index (χ3n) is 2.81. The van der Waals surface area contributed by atoms with Crippen molar-refractivity contribution in [1.82, 2.24) is 0 Å². The fourth-order valence-electron chi connectivity index (χ4n) is 1.96. The first-order valence-corrected chi connectivity index (χ1v) is 5.80. The van der Waals surface area contributed by atoms with Gasteiger partial charge in [-0.15, -0.1) is 0 Å². The smallest absolute Gasteiger partial charge is 0.306 e. The molecular weight excluding hydrogens is 232 g/mol. The predicted octanol–water partition coefficient (Wildman–Crippen LogP) is 1.68. The number of carboxylic acids is 1. The predicted molar refractivity (Wildman–Crippen MR) is 67.9 cm³/mol. The maximum Gasteiger partial charge on any atom is 0.306 e.